The summed E-state index contributed by atoms with van der Waals surface area (Å²) in [5.74, 6) is 0.275. The third-order valence-corrected chi connectivity index (χ3v) is 2.43. The van der Waals surface area contributed by atoms with Crippen LogP contribution in [0.1, 0.15) is 26.7 Å². The summed E-state index contributed by atoms with van der Waals surface area (Å²) in [5.41, 5.74) is 0. The zero-order valence-corrected chi connectivity index (χ0v) is 7.97. The molecule has 3 nitrogen and oxygen atoms in total. The van der Waals surface area contributed by atoms with E-state index in [2.05, 4.69) is 5.32 Å². The van der Waals surface area contributed by atoms with Crippen LogP contribution < -0.4 is 5.32 Å². The van der Waals surface area contributed by atoms with E-state index in [1.807, 2.05) is 18.7 Å². The molecule has 0 radical (unpaired) electrons. The van der Waals surface area contributed by atoms with Crippen LogP contribution in [0.3, 0.4) is 0 Å². The van der Waals surface area contributed by atoms with Crippen molar-refractivity contribution in [2.24, 2.45) is 0 Å². The van der Waals surface area contributed by atoms with Crippen molar-refractivity contribution in [3.05, 3.63) is 0 Å². The second-order valence-electron chi connectivity index (χ2n) is 3.16. The third-order valence-electron chi connectivity index (χ3n) is 2.43. The molecule has 0 aromatic heterocycles. The summed E-state index contributed by atoms with van der Waals surface area (Å²) in [6.45, 7) is 6.70. The van der Waals surface area contributed by atoms with E-state index < -0.39 is 0 Å². The van der Waals surface area contributed by atoms with Gasteiger partial charge in [0.15, 0.2) is 0 Å². The Morgan fingerprint density at radius 1 is 1.50 bits per heavy atom. The predicted molar refractivity (Wildman–Crippen MR) is 49.0 cm³/mol. The van der Waals surface area contributed by atoms with Gasteiger partial charge in [-0.3, -0.25) is 4.79 Å². The van der Waals surface area contributed by atoms with E-state index in [1.54, 1.807) is 0 Å². The number of rotatable bonds is 3. The maximum atomic E-state index is 11.7. The lowest BCUT2D eigenvalue weighted by Gasteiger charge is -2.22. The van der Waals surface area contributed by atoms with Gasteiger partial charge in [0.05, 0.1) is 6.04 Å². The van der Waals surface area contributed by atoms with Gasteiger partial charge in [-0.25, -0.2) is 0 Å². The van der Waals surface area contributed by atoms with E-state index in [1.165, 1.54) is 0 Å². The molecule has 1 rings (SSSR count). The van der Waals surface area contributed by atoms with Crippen LogP contribution in [0.15, 0.2) is 0 Å². The zero-order chi connectivity index (χ0) is 8.97. The highest BCUT2D eigenvalue weighted by atomic mass is 16.2. The maximum absolute atomic E-state index is 11.7. The third kappa shape index (κ3) is 1.97. The fourth-order valence-corrected chi connectivity index (χ4v) is 1.65. The number of amides is 1. The number of nitrogens with zero attached hydrogens (tertiary/aromatic N) is 1. The molecule has 1 aliphatic rings. The SMILES string of the molecule is CCN(CC)C(=O)C1CCCN1. The standard InChI is InChI=1S/C9H18N2O/c1-3-11(4-2)9(12)8-6-5-7-10-8/h8,10H,3-7H2,1-2H3. The van der Waals surface area contributed by atoms with E-state index >= 15 is 0 Å². The van der Waals surface area contributed by atoms with E-state index in [0.717, 1.165) is 32.5 Å². The van der Waals surface area contributed by atoms with E-state index in [-0.39, 0.29) is 11.9 Å². The molecule has 0 aliphatic carbocycles. The van der Waals surface area contributed by atoms with Crippen LogP contribution >= 0.6 is 0 Å². The summed E-state index contributed by atoms with van der Waals surface area (Å²) in [4.78, 5) is 13.6. The molecule has 1 aliphatic heterocycles. The molecular formula is C9H18N2O. The Hall–Kier alpha value is -0.570. The molecule has 0 spiro atoms. The lowest BCUT2D eigenvalue weighted by atomic mass is 10.2. The van der Waals surface area contributed by atoms with Crippen molar-refractivity contribution < 1.29 is 4.79 Å². The topological polar surface area (TPSA) is 32.3 Å². The van der Waals surface area contributed by atoms with Gasteiger partial charge in [0, 0.05) is 13.1 Å². The molecule has 1 N–H and O–H groups in total. The zero-order valence-electron chi connectivity index (χ0n) is 7.97. The fraction of sp³-hybridized carbons (Fsp3) is 0.889. The monoisotopic (exact) mass is 170 g/mol. The van der Waals surface area contributed by atoms with Gasteiger partial charge in [-0.05, 0) is 33.2 Å². The van der Waals surface area contributed by atoms with Gasteiger partial charge in [-0.15, -0.1) is 0 Å². The van der Waals surface area contributed by atoms with Crippen LogP contribution in [0.2, 0.25) is 0 Å². The number of likely N-dealkylation sites (N-methyl/N-ethyl adjacent to an activating group) is 1. The van der Waals surface area contributed by atoms with Crippen LogP contribution in [0.25, 0.3) is 0 Å². The molecule has 0 aromatic carbocycles. The Labute approximate surface area is 74.1 Å². The largest absolute Gasteiger partial charge is 0.342 e. The molecule has 1 fully saturated rings. The Balaban J connectivity index is 2.43. The molecule has 1 amide bonds. The fourth-order valence-electron chi connectivity index (χ4n) is 1.65. The van der Waals surface area contributed by atoms with E-state index in [0.29, 0.717) is 0 Å². The lowest BCUT2D eigenvalue weighted by Crippen LogP contribution is -2.43. The molecular weight excluding hydrogens is 152 g/mol. The summed E-state index contributed by atoms with van der Waals surface area (Å²) in [7, 11) is 0. The van der Waals surface area contributed by atoms with Crippen molar-refractivity contribution in [3.63, 3.8) is 0 Å². The Morgan fingerprint density at radius 3 is 2.58 bits per heavy atom. The molecule has 1 unspecified atom stereocenters. The predicted octanol–water partition coefficient (Wildman–Crippen LogP) is 0.607. The van der Waals surface area contributed by atoms with Gasteiger partial charge in [-0.1, -0.05) is 0 Å². The molecule has 0 aromatic rings. The van der Waals surface area contributed by atoms with Gasteiger partial charge in [0.1, 0.15) is 0 Å². The smallest absolute Gasteiger partial charge is 0.239 e. The quantitative estimate of drug-likeness (QED) is 0.673. The van der Waals surface area contributed by atoms with Crippen LogP contribution in [-0.4, -0.2) is 36.5 Å². The average molecular weight is 170 g/mol. The Kier molecular flexibility index (Phi) is 3.53. The second-order valence-corrected chi connectivity index (χ2v) is 3.16. The molecule has 1 saturated heterocycles. The highest BCUT2D eigenvalue weighted by Crippen LogP contribution is 2.07. The number of carbonyl (C=O) groups excluding carboxylic acids is 1. The number of hydrogen-bond acceptors (Lipinski definition) is 2. The first kappa shape index (κ1) is 9.52. The Morgan fingerprint density at radius 2 is 2.17 bits per heavy atom. The van der Waals surface area contributed by atoms with Crippen molar-refractivity contribution in [1.82, 2.24) is 10.2 Å². The number of nitrogens with one attached hydrogen (secondary N) is 1. The normalized spacial score (nSPS) is 22.7. The molecule has 3 heteroatoms. The summed E-state index contributed by atoms with van der Waals surface area (Å²) in [5, 5.41) is 3.21. The molecule has 12 heavy (non-hydrogen) atoms. The summed E-state index contributed by atoms with van der Waals surface area (Å²) >= 11 is 0. The molecule has 70 valence electrons. The van der Waals surface area contributed by atoms with E-state index in [4.69, 9.17) is 0 Å². The van der Waals surface area contributed by atoms with Crippen LogP contribution in [0.5, 0.6) is 0 Å². The summed E-state index contributed by atoms with van der Waals surface area (Å²) in [6.07, 6.45) is 2.15. The lowest BCUT2D eigenvalue weighted by molar-refractivity contribution is -0.132. The highest BCUT2D eigenvalue weighted by molar-refractivity contribution is 5.82. The van der Waals surface area contributed by atoms with Crippen molar-refractivity contribution in [2.45, 2.75) is 32.7 Å². The molecule has 0 bridgehead atoms. The minimum absolute atomic E-state index is 0.102. The van der Waals surface area contributed by atoms with Gasteiger partial charge in [0.2, 0.25) is 5.91 Å². The van der Waals surface area contributed by atoms with Crippen LogP contribution in [-0.2, 0) is 4.79 Å². The number of hydrogen-bond donors (Lipinski definition) is 1. The average Bonchev–Trinajstić information content (AvgIpc) is 2.58. The minimum atomic E-state index is 0.102. The van der Waals surface area contributed by atoms with Gasteiger partial charge < -0.3 is 10.2 Å². The molecule has 1 atom stereocenters. The summed E-state index contributed by atoms with van der Waals surface area (Å²) in [6, 6.07) is 0.102. The maximum Gasteiger partial charge on any atom is 0.239 e. The van der Waals surface area contributed by atoms with Gasteiger partial charge >= 0.3 is 0 Å². The van der Waals surface area contributed by atoms with E-state index in [9.17, 15) is 4.79 Å². The van der Waals surface area contributed by atoms with Crippen molar-refractivity contribution in [2.75, 3.05) is 19.6 Å². The van der Waals surface area contributed by atoms with Crippen molar-refractivity contribution in [3.8, 4) is 0 Å². The molecule has 1 heterocycles. The van der Waals surface area contributed by atoms with Crippen molar-refractivity contribution >= 4 is 5.91 Å². The summed E-state index contributed by atoms with van der Waals surface area (Å²) < 4.78 is 0. The van der Waals surface area contributed by atoms with Gasteiger partial charge in [-0.2, -0.15) is 0 Å². The van der Waals surface area contributed by atoms with Crippen molar-refractivity contribution in [1.29, 1.82) is 0 Å². The molecule has 0 saturated carbocycles. The second kappa shape index (κ2) is 4.45. The Bertz CT molecular complexity index is 145. The number of carbonyl (C=O) groups is 1. The van der Waals surface area contributed by atoms with Crippen LogP contribution in [0.4, 0.5) is 0 Å². The first-order valence-corrected chi connectivity index (χ1v) is 4.81. The first-order chi connectivity index (χ1) is 5.79. The highest BCUT2D eigenvalue weighted by Gasteiger charge is 2.24. The van der Waals surface area contributed by atoms with Gasteiger partial charge in [0.25, 0.3) is 0 Å². The minimum Gasteiger partial charge on any atom is -0.342 e. The van der Waals surface area contributed by atoms with Crippen LogP contribution in [0, 0.1) is 0 Å². The first-order valence-electron chi connectivity index (χ1n) is 4.81.